The van der Waals surface area contributed by atoms with Gasteiger partial charge in [-0.25, -0.2) is 0 Å². The van der Waals surface area contributed by atoms with Crippen LogP contribution >= 0.6 is 0 Å². The molecular weight excluding hydrogens is 302 g/mol. The van der Waals surface area contributed by atoms with Gasteiger partial charge in [0, 0.05) is 6.42 Å². The van der Waals surface area contributed by atoms with Crippen LogP contribution in [-0.2, 0) is 22.4 Å². The van der Waals surface area contributed by atoms with Crippen LogP contribution in [0.15, 0.2) is 72.0 Å². The normalized spacial score (nSPS) is 17.0. The molecule has 0 saturated carbocycles. The van der Waals surface area contributed by atoms with Crippen molar-refractivity contribution in [3.05, 3.63) is 83.1 Å². The van der Waals surface area contributed by atoms with E-state index in [2.05, 4.69) is 5.32 Å². The van der Waals surface area contributed by atoms with E-state index in [0.29, 0.717) is 6.42 Å². The summed E-state index contributed by atoms with van der Waals surface area (Å²) in [6, 6.07) is 18.6. The molecule has 0 aromatic heterocycles. The summed E-state index contributed by atoms with van der Waals surface area (Å²) in [5, 5.41) is 13.0. The van der Waals surface area contributed by atoms with Crippen molar-refractivity contribution in [3.63, 3.8) is 0 Å². The Hall–Kier alpha value is -2.88. The highest BCUT2D eigenvalue weighted by atomic mass is 16.3. The lowest BCUT2D eigenvalue weighted by Gasteiger charge is -2.10. The highest BCUT2D eigenvalue weighted by molar-refractivity contribution is 6.21. The molecule has 2 N–H and O–H groups in total. The first kappa shape index (κ1) is 16.0. The van der Waals surface area contributed by atoms with Gasteiger partial charge in [0.1, 0.15) is 11.3 Å². The maximum absolute atomic E-state index is 12.4. The highest BCUT2D eigenvalue weighted by Crippen LogP contribution is 2.21. The summed E-state index contributed by atoms with van der Waals surface area (Å²) in [5.74, 6) is -0.957. The number of Topliss-reactive ketones (excluding diaryl/α,β-unsaturated/α-hetero) is 1. The van der Waals surface area contributed by atoms with E-state index in [1.807, 2.05) is 60.7 Å². The maximum Gasteiger partial charge on any atom is 0.259 e. The summed E-state index contributed by atoms with van der Waals surface area (Å²) in [7, 11) is 0. The molecule has 1 aliphatic rings. The van der Waals surface area contributed by atoms with Gasteiger partial charge in [-0.2, -0.15) is 0 Å². The lowest BCUT2D eigenvalue weighted by molar-refractivity contribution is -0.121. The fourth-order valence-electron chi connectivity index (χ4n) is 2.89. The first-order chi connectivity index (χ1) is 11.6. The van der Waals surface area contributed by atoms with E-state index in [0.717, 1.165) is 17.5 Å². The molecule has 1 unspecified atom stereocenters. The Labute approximate surface area is 140 Å². The minimum atomic E-state index is -0.493. The predicted molar refractivity (Wildman–Crippen MR) is 91.5 cm³/mol. The molecule has 0 aliphatic carbocycles. The quantitative estimate of drug-likeness (QED) is 0.804. The van der Waals surface area contributed by atoms with E-state index >= 15 is 0 Å². The topological polar surface area (TPSA) is 66.4 Å². The third-order valence-electron chi connectivity index (χ3n) is 4.17. The lowest BCUT2D eigenvalue weighted by atomic mass is 10.0. The largest absolute Gasteiger partial charge is 0.509 e. The van der Waals surface area contributed by atoms with Gasteiger partial charge in [-0.3, -0.25) is 9.59 Å². The van der Waals surface area contributed by atoms with Crippen LogP contribution in [0.2, 0.25) is 0 Å². The van der Waals surface area contributed by atoms with Gasteiger partial charge in [-0.1, -0.05) is 60.7 Å². The fourth-order valence-corrected chi connectivity index (χ4v) is 2.89. The third-order valence-corrected chi connectivity index (χ3v) is 4.17. The molecule has 3 rings (SSSR count). The molecule has 0 saturated heterocycles. The fraction of sp³-hybridized carbons (Fsp3) is 0.200. The molecule has 0 radical (unpaired) electrons. The van der Waals surface area contributed by atoms with Crippen molar-refractivity contribution in [1.29, 1.82) is 0 Å². The number of aliphatic hydroxyl groups excluding tert-OH is 1. The van der Waals surface area contributed by atoms with E-state index in [1.165, 1.54) is 0 Å². The smallest absolute Gasteiger partial charge is 0.259 e. The Morgan fingerprint density at radius 2 is 1.54 bits per heavy atom. The van der Waals surface area contributed by atoms with Crippen LogP contribution in [0.4, 0.5) is 0 Å². The number of rotatable bonds is 6. The molecule has 2 aromatic rings. The Morgan fingerprint density at radius 1 is 0.958 bits per heavy atom. The summed E-state index contributed by atoms with van der Waals surface area (Å²) < 4.78 is 0. The van der Waals surface area contributed by atoms with Crippen LogP contribution in [0.3, 0.4) is 0 Å². The number of hydrogen-bond acceptors (Lipinski definition) is 3. The second-order valence-electron chi connectivity index (χ2n) is 5.90. The highest BCUT2D eigenvalue weighted by Gasteiger charge is 2.35. The van der Waals surface area contributed by atoms with Crippen molar-refractivity contribution < 1.29 is 14.7 Å². The number of amides is 1. The van der Waals surface area contributed by atoms with E-state index in [-0.39, 0.29) is 23.5 Å². The molecule has 122 valence electrons. The number of carbonyl (C=O) groups is 2. The van der Waals surface area contributed by atoms with Crippen molar-refractivity contribution >= 4 is 11.7 Å². The molecule has 1 amide bonds. The van der Waals surface area contributed by atoms with Gasteiger partial charge in [-0.15, -0.1) is 0 Å². The number of hydrogen-bond donors (Lipinski definition) is 2. The first-order valence-electron chi connectivity index (χ1n) is 8.00. The number of ketones is 1. The molecule has 24 heavy (non-hydrogen) atoms. The van der Waals surface area contributed by atoms with Crippen LogP contribution in [0.25, 0.3) is 0 Å². The molecule has 4 nitrogen and oxygen atoms in total. The van der Waals surface area contributed by atoms with Gasteiger partial charge in [0.25, 0.3) is 5.91 Å². The predicted octanol–water partition coefficient (Wildman–Crippen LogP) is 2.74. The number of aryl methyl sites for hydroxylation is 1. The minimum Gasteiger partial charge on any atom is -0.509 e. The Bertz CT molecular complexity index is 766. The van der Waals surface area contributed by atoms with Gasteiger partial charge in [0.2, 0.25) is 0 Å². The first-order valence-corrected chi connectivity index (χ1v) is 8.00. The molecule has 0 bridgehead atoms. The second-order valence-corrected chi connectivity index (χ2v) is 5.90. The maximum atomic E-state index is 12.4. The lowest BCUT2D eigenvalue weighted by Crippen LogP contribution is -2.30. The third kappa shape index (κ3) is 3.54. The van der Waals surface area contributed by atoms with Gasteiger partial charge < -0.3 is 10.4 Å². The van der Waals surface area contributed by atoms with Gasteiger partial charge in [-0.05, 0) is 24.0 Å². The Kier molecular flexibility index (Phi) is 4.75. The minimum absolute atomic E-state index is 0.100. The zero-order valence-electron chi connectivity index (χ0n) is 13.2. The molecule has 1 atom stereocenters. The standard InChI is InChI=1S/C20H19NO3/c22-17(13-15-9-5-2-6-10-15)18-19(23)16(21-20(18)24)12-11-14-7-3-1-4-8-14/h1-10,16,23H,11-13H2,(H,21,24). The molecule has 0 spiro atoms. The molecule has 1 aliphatic heterocycles. The zero-order valence-corrected chi connectivity index (χ0v) is 13.2. The van der Waals surface area contributed by atoms with E-state index in [1.54, 1.807) is 0 Å². The summed E-state index contributed by atoms with van der Waals surface area (Å²) in [5.41, 5.74) is 1.85. The van der Waals surface area contributed by atoms with E-state index in [4.69, 9.17) is 0 Å². The van der Waals surface area contributed by atoms with E-state index < -0.39 is 11.9 Å². The Balaban J connectivity index is 1.69. The summed E-state index contributed by atoms with van der Waals surface area (Å²) in [6.45, 7) is 0. The van der Waals surface area contributed by atoms with Crippen LogP contribution in [-0.4, -0.2) is 22.8 Å². The molecule has 4 heteroatoms. The zero-order chi connectivity index (χ0) is 16.9. The monoisotopic (exact) mass is 321 g/mol. The molecule has 1 heterocycles. The summed E-state index contributed by atoms with van der Waals surface area (Å²) in [6.07, 6.45) is 1.39. The van der Waals surface area contributed by atoms with Gasteiger partial charge in [0.15, 0.2) is 5.78 Å². The number of carbonyl (C=O) groups excluding carboxylic acids is 2. The van der Waals surface area contributed by atoms with Gasteiger partial charge in [0.05, 0.1) is 6.04 Å². The van der Waals surface area contributed by atoms with Gasteiger partial charge >= 0.3 is 0 Å². The van der Waals surface area contributed by atoms with Crippen molar-refractivity contribution in [1.82, 2.24) is 5.32 Å². The molecule has 2 aromatic carbocycles. The average molecular weight is 321 g/mol. The molecular formula is C20H19NO3. The summed E-state index contributed by atoms with van der Waals surface area (Å²) >= 11 is 0. The Morgan fingerprint density at radius 3 is 2.17 bits per heavy atom. The molecule has 0 fully saturated rings. The number of benzene rings is 2. The van der Waals surface area contributed by atoms with E-state index in [9.17, 15) is 14.7 Å². The second kappa shape index (κ2) is 7.13. The van der Waals surface area contributed by atoms with Crippen molar-refractivity contribution in [2.75, 3.05) is 0 Å². The SMILES string of the molecule is O=C(Cc1ccccc1)C1=C(O)C(CCc2ccccc2)NC1=O. The van der Waals surface area contributed by atoms with Crippen molar-refractivity contribution in [2.45, 2.75) is 25.3 Å². The van der Waals surface area contributed by atoms with Crippen LogP contribution in [0.5, 0.6) is 0 Å². The van der Waals surface area contributed by atoms with Crippen molar-refractivity contribution in [2.24, 2.45) is 0 Å². The van der Waals surface area contributed by atoms with Crippen molar-refractivity contribution in [3.8, 4) is 0 Å². The van der Waals surface area contributed by atoms with Crippen LogP contribution in [0.1, 0.15) is 17.5 Å². The van der Waals surface area contributed by atoms with Crippen LogP contribution < -0.4 is 5.32 Å². The number of nitrogens with one attached hydrogen (secondary N) is 1. The number of aliphatic hydroxyl groups is 1. The van der Waals surface area contributed by atoms with Crippen LogP contribution in [0, 0.1) is 0 Å². The average Bonchev–Trinajstić information content (AvgIpc) is 2.88. The summed E-state index contributed by atoms with van der Waals surface area (Å²) in [4.78, 5) is 24.5.